The number of pyridine rings is 1. The summed E-state index contributed by atoms with van der Waals surface area (Å²) < 4.78 is 17.9. The summed E-state index contributed by atoms with van der Waals surface area (Å²) in [6.45, 7) is 10.2. The van der Waals surface area contributed by atoms with E-state index in [1.807, 2.05) is 86.3 Å². The van der Waals surface area contributed by atoms with E-state index >= 15 is 0 Å². The van der Waals surface area contributed by atoms with Gasteiger partial charge >= 0.3 is 6.09 Å². The van der Waals surface area contributed by atoms with Crippen LogP contribution < -0.4 is 14.4 Å². The molecule has 7 nitrogen and oxygen atoms in total. The number of amides is 1. The molecule has 6 rings (SSSR count). The standard InChI is InChI=1S/C38H43N3O4/c1-37(2,3)45-36(42)40-23-20-38(21-24-40)22-25-41(28-38)32-16-14-31(15-17-32)33-18-19-34(43-26-29-10-6-4-7-11-29)39-35(33)44-27-30-12-8-5-9-13-30/h4-19H,20-28H2,1-3H3. The Morgan fingerprint density at radius 2 is 1.36 bits per heavy atom. The lowest BCUT2D eigenvalue weighted by Crippen LogP contribution is -2.46. The van der Waals surface area contributed by atoms with Gasteiger partial charge in [-0.15, -0.1) is 0 Å². The largest absolute Gasteiger partial charge is 0.473 e. The normalized spacial score (nSPS) is 16.1. The van der Waals surface area contributed by atoms with Crippen LogP contribution in [0.5, 0.6) is 11.8 Å². The molecule has 2 aliphatic heterocycles. The quantitative estimate of drug-likeness (QED) is 0.202. The number of piperidine rings is 1. The van der Waals surface area contributed by atoms with Gasteiger partial charge in [-0.2, -0.15) is 4.98 Å². The van der Waals surface area contributed by atoms with Crippen molar-refractivity contribution in [2.45, 2.75) is 58.8 Å². The summed E-state index contributed by atoms with van der Waals surface area (Å²) in [4.78, 5) is 21.7. The monoisotopic (exact) mass is 605 g/mol. The van der Waals surface area contributed by atoms with E-state index in [0.29, 0.717) is 25.0 Å². The van der Waals surface area contributed by atoms with Gasteiger partial charge in [0.25, 0.3) is 0 Å². The molecular weight excluding hydrogens is 562 g/mol. The molecule has 0 unspecified atom stereocenters. The SMILES string of the molecule is CC(C)(C)OC(=O)N1CCC2(CC1)CCN(c1ccc(-c3ccc(OCc4ccccc4)nc3OCc3ccccc3)cc1)C2. The topological polar surface area (TPSA) is 64.1 Å². The average molecular weight is 606 g/mol. The molecule has 2 aliphatic rings. The van der Waals surface area contributed by atoms with Crippen molar-refractivity contribution >= 4 is 11.8 Å². The zero-order valence-electron chi connectivity index (χ0n) is 26.6. The van der Waals surface area contributed by atoms with E-state index in [1.54, 1.807) is 0 Å². The second-order valence-electron chi connectivity index (χ2n) is 13.2. The number of likely N-dealkylation sites (tertiary alicyclic amines) is 1. The molecule has 0 radical (unpaired) electrons. The lowest BCUT2D eigenvalue weighted by Gasteiger charge is -2.39. The van der Waals surface area contributed by atoms with Crippen LogP contribution in [-0.4, -0.2) is 47.8 Å². The lowest BCUT2D eigenvalue weighted by atomic mass is 9.78. The Labute approximate surface area is 266 Å². The van der Waals surface area contributed by atoms with Crippen molar-refractivity contribution in [1.29, 1.82) is 0 Å². The van der Waals surface area contributed by atoms with Crippen LogP contribution in [0.4, 0.5) is 10.5 Å². The minimum absolute atomic E-state index is 0.194. The molecule has 0 saturated carbocycles. The van der Waals surface area contributed by atoms with Crippen molar-refractivity contribution in [1.82, 2.24) is 9.88 Å². The number of carbonyl (C=O) groups is 1. The average Bonchev–Trinajstić information content (AvgIpc) is 3.46. The highest BCUT2D eigenvalue weighted by Gasteiger charge is 2.42. The number of nitrogens with zero attached hydrogens (tertiary/aromatic N) is 3. The molecule has 2 fully saturated rings. The van der Waals surface area contributed by atoms with Crippen LogP contribution >= 0.6 is 0 Å². The Morgan fingerprint density at radius 3 is 1.98 bits per heavy atom. The van der Waals surface area contributed by atoms with Crippen LogP contribution in [0, 0.1) is 5.41 Å². The fourth-order valence-electron chi connectivity index (χ4n) is 6.20. The molecule has 234 valence electrons. The first-order valence-electron chi connectivity index (χ1n) is 15.9. The molecular formula is C38H43N3O4. The third kappa shape index (κ3) is 7.77. The smallest absolute Gasteiger partial charge is 0.410 e. The summed E-state index contributed by atoms with van der Waals surface area (Å²) in [6, 6.07) is 32.9. The van der Waals surface area contributed by atoms with Crippen molar-refractivity contribution in [2.75, 3.05) is 31.1 Å². The maximum absolute atomic E-state index is 12.6. The van der Waals surface area contributed by atoms with Gasteiger partial charge in [-0.3, -0.25) is 0 Å². The van der Waals surface area contributed by atoms with Crippen LogP contribution in [-0.2, 0) is 18.0 Å². The van der Waals surface area contributed by atoms with Crippen LogP contribution in [0.15, 0.2) is 97.1 Å². The van der Waals surface area contributed by atoms with E-state index in [4.69, 9.17) is 19.2 Å². The molecule has 3 aromatic carbocycles. The second-order valence-corrected chi connectivity index (χ2v) is 13.2. The van der Waals surface area contributed by atoms with Gasteiger partial charge in [-0.05, 0) is 80.3 Å². The molecule has 3 heterocycles. The van der Waals surface area contributed by atoms with E-state index in [0.717, 1.165) is 67.7 Å². The predicted octanol–water partition coefficient (Wildman–Crippen LogP) is 8.13. The van der Waals surface area contributed by atoms with E-state index in [1.165, 1.54) is 5.69 Å². The number of ether oxygens (including phenoxy) is 3. The Kier molecular flexibility index (Phi) is 8.97. The van der Waals surface area contributed by atoms with Gasteiger partial charge in [0.15, 0.2) is 0 Å². The van der Waals surface area contributed by atoms with Gasteiger partial charge in [0, 0.05) is 43.5 Å². The maximum atomic E-state index is 12.6. The summed E-state index contributed by atoms with van der Waals surface area (Å²) in [5.74, 6) is 1.08. The summed E-state index contributed by atoms with van der Waals surface area (Å²) in [7, 11) is 0. The summed E-state index contributed by atoms with van der Waals surface area (Å²) >= 11 is 0. The van der Waals surface area contributed by atoms with Gasteiger partial charge < -0.3 is 24.0 Å². The first-order valence-corrected chi connectivity index (χ1v) is 15.9. The highest BCUT2D eigenvalue weighted by Crippen LogP contribution is 2.42. The molecule has 7 heteroatoms. The Bertz CT molecular complexity index is 1560. The zero-order chi connectivity index (χ0) is 31.3. The van der Waals surface area contributed by atoms with Crippen LogP contribution in [0.3, 0.4) is 0 Å². The number of hydrogen-bond acceptors (Lipinski definition) is 6. The van der Waals surface area contributed by atoms with Crippen molar-refractivity contribution in [3.05, 3.63) is 108 Å². The Morgan fingerprint density at radius 1 is 0.756 bits per heavy atom. The van der Waals surface area contributed by atoms with Gasteiger partial charge in [0.05, 0.1) is 0 Å². The molecule has 0 aliphatic carbocycles. The highest BCUT2D eigenvalue weighted by molar-refractivity contribution is 5.71. The first-order chi connectivity index (χ1) is 21.8. The fraction of sp³-hybridized carbons (Fsp3) is 0.368. The molecule has 45 heavy (non-hydrogen) atoms. The Hall–Kier alpha value is -4.52. The van der Waals surface area contributed by atoms with Crippen molar-refractivity contribution in [2.24, 2.45) is 5.41 Å². The molecule has 0 bridgehead atoms. The third-order valence-corrected chi connectivity index (χ3v) is 8.74. The first kappa shape index (κ1) is 30.5. The van der Waals surface area contributed by atoms with Crippen LogP contribution in [0.1, 0.15) is 51.2 Å². The van der Waals surface area contributed by atoms with E-state index < -0.39 is 5.60 Å². The van der Waals surface area contributed by atoms with E-state index in [-0.39, 0.29) is 11.5 Å². The second kappa shape index (κ2) is 13.2. The lowest BCUT2D eigenvalue weighted by molar-refractivity contribution is 0.0122. The summed E-state index contributed by atoms with van der Waals surface area (Å²) in [5, 5.41) is 0. The molecule has 2 saturated heterocycles. The molecule has 1 spiro atoms. The van der Waals surface area contributed by atoms with Crippen LogP contribution in [0.2, 0.25) is 0 Å². The molecule has 4 aromatic rings. The molecule has 1 amide bonds. The van der Waals surface area contributed by atoms with Gasteiger partial charge in [0.2, 0.25) is 11.8 Å². The molecule has 0 atom stereocenters. The fourth-order valence-corrected chi connectivity index (χ4v) is 6.20. The minimum atomic E-state index is -0.467. The van der Waals surface area contributed by atoms with Crippen LogP contribution in [0.25, 0.3) is 11.1 Å². The predicted molar refractivity (Wildman–Crippen MR) is 178 cm³/mol. The van der Waals surface area contributed by atoms with Crippen molar-refractivity contribution < 1.29 is 19.0 Å². The van der Waals surface area contributed by atoms with Crippen molar-refractivity contribution in [3.8, 4) is 22.9 Å². The summed E-state index contributed by atoms with van der Waals surface area (Å²) in [5.41, 5.74) is 5.13. The van der Waals surface area contributed by atoms with Crippen molar-refractivity contribution in [3.63, 3.8) is 0 Å². The Balaban J connectivity index is 1.13. The van der Waals surface area contributed by atoms with E-state index in [9.17, 15) is 4.79 Å². The minimum Gasteiger partial charge on any atom is -0.473 e. The van der Waals surface area contributed by atoms with Gasteiger partial charge in [-0.1, -0.05) is 72.8 Å². The molecule has 0 N–H and O–H groups in total. The number of carbonyl (C=O) groups excluding carboxylic acids is 1. The zero-order valence-corrected chi connectivity index (χ0v) is 26.6. The maximum Gasteiger partial charge on any atom is 0.410 e. The third-order valence-electron chi connectivity index (χ3n) is 8.74. The number of anilines is 1. The number of aromatic nitrogens is 1. The van der Waals surface area contributed by atoms with E-state index in [2.05, 4.69) is 41.3 Å². The summed E-state index contributed by atoms with van der Waals surface area (Å²) in [6.07, 6.45) is 2.96. The van der Waals surface area contributed by atoms with Gasteiger partial charge in [-0.25, -0.2) is 4.79 Å². The van der Waals surface area contributed by atoms with Gasteiger partial charge in [0.1, 0.15) is 18.8 Å². The number of hydrogen-bond donors (Lipinski definition) is 0. The molecule has 1 aromatic heterocycles. The number of rotatable bonds is 8. The highest BCUT2D eigenvalue weighted by atomic mass is 16.6. The number of benzene rings is 3.